The summed E-state index contributed by atoms with van der Waals surface area (Å²) in [5.41, 5.74) is 0. The number of unbranched alkanes of at least 4 members (excludes halogenated alkanes) is 24. The number of nitrogens with one attached hydrogen (secondary N) is 1. The molecule has 9 nitrogen and oxygen atoms in total. The van der Waals surface area contributed by atoms with E-state index in [0.29, 0.717) is 6.42 Å². The van der Waals surface area contributed by atoms with Gasteiger partial charge in [-0.05, 0) is 89.9 Å². The van der Waals surface area contributed by atoms with Crippen molar-refractivity contribution in [1.82, 2.24) is 5.32 Å². The van der Waals surface area contributed by atoms with Crippen molar-refractivity contribution in [3.05, 3.63) is 97.2 Å². The van der Waals surface area contributed by atoms with Gasteiger partial charge in [0.25, 0.3) is 0 Å². The van der Waals surface area contributed by atoms with E-state index in [1.807, 2.05) is 6.08 Å². The molecule has 1 heterocycles. The minimum Gasteiger partial charge on any atom is -0.394 e. The second-order valence-electron chi connectivity index (χ2n) is 19.7. The van der Waals surface area contributed by atoms with E-state index in [4.69, 9.17) is 9.47 Å². The van der Waals surface area contributed by atoms with E-state index in [1.54, 1.807) is 6.08 Å². The number of aliphatic hydroxyl groups is 5. The fourth-order valence-corrected chi connectivity index (χ4v) is 8.57. The lowest BCUT2D eigenvalue weighted by Gasteiger charge is -2.40. The first-order valence-corrected chi connectivity index (χ1v) is 29.0. The van der Waals surface area contributed by atoms with Crippen LogP contribution in [0.3, 0.4) is 0 Å². The molecule has 0 aromatic rings. The van der Waals surface area contributed by atoms with E-state index in [-0.39, 0.29) is 12.5 Å². The van der Waals surface area contributed by atoms with Gasteiger partial charge in [0.15, 0.2) is 6.29 Å². The van der Waals surface area contributed by atoms with E-state index in [2.05, 4.69) is 104 Å². The summed E-state index contributed by atoms with van der Waals surface area (Å²) < 4.78 is 11.3. The van der Waals surface area contributed by atoms with Crippen molar-refractivity contribution in [2.45, 2.75) is 275 Å². The van der Waals surface area contributed by atoms with Gasteiger partial charge in [-0.3, -0.25) is 4.79 Å². The third kappa shape index (κ3) is 40.2. The van der Waals surface area contributed by atoms with Crippen molar-refractivity contribution in [3.8, 4) is 0 Å². The topological polar surface area (TPSA) is 149 Å². The Balaban J connectivity index is 2.27. The molecule has 1 saturated heterocycles. The molecule has 0 radical (unpaired) electrons. The Morgan fingerprint density at radius 2 is 0.887 bits per heavy atom. The second kappa shape index (κ2) is 50.6. The highest BCUT2D eigenvalue weighted by atomic mass is 16.7. The van der Waals surface area contributed by atoms with Crippen molar-refractivity contribution < 1.29 is 39.8 Å². The number of rotatable bonds is 48. The minimum absolute atomic E-state index is 0.197. The first-order chi connectivity index (χ1) is 34.8. The Hall–Kier alpha value is -2.89. The molecule has 7 atom stereocenters. The van der Waals surface area contributed by atoms with E-state index in [9.17, 15) is 30.3 Å². The molecule has 7 unspecified atom stereocenters. The quantitative estimate of drug-likeness (QED) is 0.0261. The van der Waals surface area contributed by atoms with Crippen LogP contribution >= 0.6 is 0 Å². The van der Waals surface area contributed by atoms with Crippen molar-refractivity contribution >= 4 is 5.91 Å². The summed E-state index contributed by atoms with van der Waals surface area (Å²) in [4.78, 5) is 13.1. The van der Waals surface area contributed by atoms with Crippen molar-refractivity contribution in [2.75, 3.05) is 13.2 Å². The molecule has 1 rings (SSSR count). The van der Waals surface area contributed by atoms with Crippen LogP contribution in [0.2, 0.25) is 0 Å². The maximum atomic E-state index is 13.1. The molecule has 408 valence electrons. The van der Waals surface area contributed by atoms with Gasteiger partial charge in [0.05, 0.1) is 25.4 Å². The van der Waals surface area contributed by atoms with Crippen LogP contribution in [-0.4, -0.2) is 87.5 Å². The van der Waals surface area contributed by atoms with Crippen molar-refractivity contribution in [3.63, 3.8) is 0 Å². The molecule has 0 bridgehead atoms. The van der Waals surface area contributed by atoms with Gasteiger partial charge in [-0.15, -0.1) is 0 Å². The number of hydrogen-bond acceptors (Lipinski definition) is 8. The highest BCUT2D eigenvalue weighted by Gasteiger charge is 2.44. The van der Waals surface area contributed by atoms with Crippen molar-refractivity contribution in [1.29, 1.82) is 0 Å². The SMILES string of the molecule is CC/C=C\C/C=C\C/C=C\C/C=C\C/C=C\CCCCCCCCCCCCCC(=O)NC(COC1OC(CO)C(O)C(O)C1O)C(O)/C=C/CC/C=C/CC/C=C/CCCCCCCCCCCCC. The fraction of sp³-hybridized carbons (Fsp3) is 0.726. The average molecular weight is 995 g/mol. The zero-order chi connectivity index (χ0) is 51.5. The smallest absolute Gasteiger partial charge is 0.220 e. The summed E-state index contributed by atoms with van der Waals surface area (Å²) in [6.45, 7) is 3.65. The third-order valence-electron chi connectivity index (χ3n) is 13.1. The summed E-state index contributed by atoms with van der Waals surface area (Å²) in [7, 11) is 0. The molecule has 9 heteroatoms. The Kier molecular flexibility index (Phi) is 47.2. The van der Waals surface area contributed by atoms with Crippen LogP contribution in [0.1, 0.15) is 232 Å². The summed E-state index contributed by atoms with van der Waals surface area (Å²) in [6, 6.07) is -0.836. The lowest BCUT2D eigenvalue weighted by atomic mass is 9.99. The lowest BCUT2D eigenvalue weighted by Crippen LogP contribution is -2.60. The maximum Gasteiger partial charge on any atom is 0.220 e. The average Bonchev–Trinajstić information content (AvgIpc) is 3.37. The number of carbonyl (C=O) groups is 1. The monoisotopic (exact) mass is 994 g/mol. The van der Waals surface area contributed by atoms with Gasteiger partial charge in [-0.25, -0.2) is 0 Å². The largest absolute Gasteiger partial charge is 0.394 e. The Morgan fingerprint density at radius 3 is 1.35 bits per heavy atom. The van der Waals surface area contributed by atoms with Gasteiger partial charge < -0.3 is 40.3 Å². The molecule has 71 heavy (non-hydrogen) atoms. The van der Waals surface area contributed by atoms with Gasteiger partial charge in [-0.1, -0.05) is 233 Å². The first-order valence-electron chi connectivity index (χ1n) is 29.0. The van der Waals surface area contributed by atoms with E-state index < -0.39 is 49.5 Å². The molecule has 1 aliphatic rings. The summed E-state index contributed by atoms with van der Waals surface area (Å²) in [5, 5.41) is 54.5. The maximum absolute atomic E-state index is 13.1. The molecule has 0 spiro atoms. The number of carbonyl (C=O) groups excluding carboxylic acids is 1. The van der Waals surface area contributed by atoms with Gasteiger partial charge in [0.2, 0.25) is 5.91 Å². The van der Waals surface area contributed by atoms with Crippen LogP contribution in [0.4, 0.5) is 0 Å². The molecular weight excluding hydrogens is 887 g/mol. The van der Waals surface area contributed by atoms with E-state index in [1.165, 1.54) is 122 Å². The molecule has 0 saturated carbocycles. The highest BCUT2D eigenvalue weighted by Crippen LogP contribution is 2.23. The van der Waals surface area contributed by atoms with E-state index >= 15 is 0 Å². The van der Waals surface area contributed by atoms with Crippen molar-refractivity contribution in [2.24, 2.45) is 0 Å². The summed E-state index contributed by atoms with van der Waals surface area (Å²) >= 11 is 0. The molecule has 1 aliphatic heterocycles. The highest BCUT2D eigenvalue weighted by molar-refractivity contribution is 5.76. The van der Waals surface area contributed by atoms with Gasteiger partial charge >= 0.3 is 0 Å². The van der Waals surface area contributed by atoms with Crippen LogP contribution < -0.4 is 5.32 Å². The predicted molar refractivity (Wildman–Crippen MR) is 299 cm³/mol. The summed E-state index contributed by atoms with van der Waals surface area (Å²) in [6.07, 6.45) is 66.1. The number of aliphatic hydroxyl groups excluding tert-OH is 5. The number of allylic oxidation sites excluding steroid dienone is 15. The fourth-order valence-electron chi connectivity index (χ4n) is 8.57. The second-order valence-corrected chi connectivity index (χ2v) is 19.7. The van der Waals surface area contributed by atoms with Crippen LogP contribution in [0, 0.1) is 0 Å². The van der Waals surface area contributed by atoms with E-state index in [0.717, 1.165) is 89.9 Å². The molecule has 6 N–H and O–H groups in total. The van der Waals surface area contributed by atoms with Crippen LogP contribution in [0.25, 0.3) is 0 Å². The standard InChI is InChI=1S/C62H107NO8/c1-3-5-7-9-11-13-15-17-19-21-23-25-26-27-28-29-30-32-34-36-38-40-42-44-46-48-50-52-58(66)63-55(54-70-62-61(69)60(68)59(67)57(53-64)71-62)56(65)51-49-47-45-43-41-39-37-35-33-31-24-22-20-18-16-14-12-10-8-6-4-2/h5,7,11,13,17,19,23,25,27-28,33,35,41,43,49,51,55-57,59-62,64-65,67-69H,3-4,6,8-10,12,14-16,18,20-22,24,26,29-32,34,36-40,42,44-48,50,52-54H2,1-2H3,(H,63,66)/b7-5-,13-11-,19-17-,25-23-,28-27-,35-33+,43-41+,51-49+. The minimum atomic E-state index is -1.58. The van der Waals surface area contributed by atoms with Gasteiger partial charge in [0.1, 0.15) is 24.4 Å². The molecule has 1 amide bonds. The van der Waals surface area contributed by atoms with Crippen LogP contribution in [0.5, 0.6) is 0 Å². The molecule has 0 aliphatic carbocycles. The molecule has 1 fully saturated rings. The van der Waals surface area contributed by atoms with Gasteiger partial charge in [-0.2, -0.15) is 0 Å². The third-order valence-corrected chi connectivity index (χ3v) is 13.1. The Morgan fingerprint density at radius 1 is 0.493 bits per heavy atom. The molecule has 0 aromatic heterocycles. The first kappa shape index (κ1) is 66.1. The number of amides is 1. The molecule has 0 aromatic carbocycles. The predicted octanol–water partition coefficient (Wildman–Crippen LogP) is 14.4. The van der Waals surface area contributed by atoms with Crippen LogP contribution in [-0.2, 0) is 14.3 Å². The number of hydrogen-bond donors (Lipinski definition) is 6. The Labute approximate surface area is 434 Å². The zero-order valence-corrected chi connectivity index (χ0v) is 45.2. The van der Waals surface area contributed by atoms with Gasteiger partial charge in [0, 0.05) is 6.42 Å². The number of ether oxygens (including phenoxy) is 2. The normalized spacial score (nSPS) is 20.0. The Bertz CT molecular complexity index is 1430. The van der Waals surface area contributed by atoms with Crippen LogP contribution in [0.15, 0.2) is 97.2 Å². The molecular formula is C62H107NO8. The summed E-state index contributed by atoms with van der Waals surface area (Å²) in [5.74, 6) is -0.197. The zero-order valence-electron chi connectivity index (χ0n) is 45.2. The lowest BCUT2D eigenvalue weighted by molar-refractivity contribution is -0.302.